The molecule has 0 atom stereocenters. The van der Waals surface area contributed by atoms with E-state index < -0.39 is 0 Å². The van der Waals surface area contributed by atoms with E-state index >= 15 is 0 Å². The normalized spacial score (nSPS) is 18.9. The molecule has 0 saturated carbocycles. The molecule has 2 aliphatic rings. The maximum absolute atomic E-state index is 13.0. The zero-order valence-corrected chi connectivity index (χ0v) is 15.4. The standard InChI is InChI=1S/C19H25N5O2/c1-14-4-3-5-17-20-16-6-7-23(12-15(16)19(26)24(14)17)18(25)13-22-10-8-21(2)9-11-22/h3-5H,6-13H2,1-2H3. The lowest BCUT2D eigenvalue weighted by Gasteiger charge is -2.34. The summed E-state index contributed by atoms with van der Waals surface area (Å²) in [5.41, 5.74) is 3.01. The Hall–Kier alpha value is -2.25. The number of hydrogen-bond acceptors (Lipinski definition) is 5. The van der Waals surface area contributed by atoms with Gasteiger partial charge < -0.3 is 9.80 Å². The summed E-state index contributed by atoms with van der Waals surface area (Å²) in [6.07, 6.45) is 0.642. The van der Waals surface area contributed by atoms with Crippen LogP contribution in [0.3, 0.4) is 0 Å². The number of pyridine rings is 1. The van der Waals surface area contributed by atoms with Gasteiger partial charge in [-0.2, -0.15) is 0 Å². The molecule has 138 valence electrons. The Morgan fingerprint density at radius 3 is 2.69 bits per heavy atom. The van der Waals surface area contributed by atoms with Crippen LogP contribution in [-0.4, -0.2) is 76.3 Å². The van der Waals surface area contributed by atoms with Crippen molar-refractivity contribution < 1.29 is 4.79 Å². The van der Waals surface area contributed by atoms with Gasteiger partial charge in [-0.1, -0.05) is 6.07 Å². The highest BCUT2D eigenvalue weighted by Gasteiger charge is 2.27. The van der Waals surface area contributed by atoms with Gasteiger partial charge in [-0.3, -0.25) is 18.9 Å². The Labute approximate surface area is 152 Å². The van der Waals surface area contributed by atoms with Crippen molar-refractivity contribution in [3.05, 3.63) is 45.5 Å². The highest BCUT2D eigenvalue weighted by Crippen LogP contribution is 2.16. The van der Waals surface area contributed by atoms with Crippen molar-refractivity contribution >= 4 is 11.6 Å². The molecule has 2 aromatic rings. The molecule has 0 aliphatic carbocycles. The number of fused-ring (bicyclic) bond motifs is 2. The van der Waals surface area contributed by atoms with Crippen LogP contribution in [0.25, 0.3) is 5.65 Å². The second kappa shape index (κ2) is 6.81. The number of likely N-dealkylation sites (N-methyl/N-ethyl adjacent to an activating group) is 1. The summed E-state index contributed by atoms with van der Waals surface area (Å²) >= 11 is 0. The van der Waals surface area contributed by atoms with Crippen molar-refractivity contribution in [1.82, 2.24) is 24.1 Å². The average molecular weight is 355 g/mol. The van der Waals surface area contributed by atoms with Crippen molar-refractivity contribution in [3.8, 4) is 0 Å². The maximum Gasteiger partial charge on any atom is 0.263 e. The maximum atomic E-state index is 13.0. The van der Waals surface area contributed by atoms with Crippen LogP contribution in [-0.2, 0) is 17.8 Å². The fourth-order valence-corrected chi connectivity index (χ4v) is 3.81. The topological polar surface area (TPSA) is 61.2 Å². The van der Waals surface area contributed by atoms with Crippen molar-refractivity contribution in [2.75, 3.05) is 46.3 Å². The number of hydrogen-bond donors (Lipinski definition) is 0. The zero-order chi connectivity index (χ0) is 18.3. The molecule has 1 saturated heterocycles. The molecule has 2 aliphatic heterocycles. The third-order valence-corrected chi connectivity index (χ3v) is 5.50. The lowest BCUT2D eigenvalue weighted by molar-refractivity contribution is -0.133. The fraction of sp³-hybridized carbons (Fsp3) is 0.526. The predicted molar refractivity (Wildman–Crippen MR) is 99.3 cm³/mol. The van der Waals surface area contributed by atoms with Gasteiger partial charge in [0.05, 0.1) is 24.3 Å². The average Bonchev–Trinajstić information content (AvgIpc) is 2.63. The van der Waals surface area contributed by atoms with E-state index in [9.17, 15) is 9.59 Å². The molecule has 0 aromatic carbocycles. The molecular weight excluding hydrogens is 330 g/mol. The molecule has 0 N–H and O–H groups in total. The summed E-state index contributed by atoms with van der Waals surface area (Å²) in [6, 6.07) is 5.68. The van der Waals surface area contributed by atoms with Crippen LogP contribution < -0.4 is 5.56 Å². The van der Waals surface area contributed by atoms with E-state index in [-0.39, 0.29) is 11.5 Å². The molecule has 2 aromatic heterocycles. The van der Waals surface area contributed by atoms with Crippen LogP contribution in [0.4, 0.5) is 0 Å². The van der Waals surface area contributed by atoms with Gasteiger partial charge in [0, 0.05) is 44.8 Å². The molecule has 4 rings (SSSR count). The van der Waals surface area contributed by atoms with Crippen molar-refractivity contribution in [2.24, 2.45) is 0 Å². The molecule has 7 nitrogen and oxygen atoms in total. The first kappa shape index (κ1) is 17.2. The number of piperazine rings is 1. The van der Waals surface area contributed by atoms with Crippen LogP contribution in [0.1, 0.15) is 17.0 Å². The molecule has 7 heteroatoms. The van der Waals surface area contributed by atoms with Gasteiger partial charge in [0.15, 0.2) is 0 Å². The van der Waals surface area contributed by atoms with Crippen molar-refractivity contribution in [3.63, 3.8) is 0 Å². The van der Waals surface area contributed by atoms with E-state index in [0.29, 0.717) is 37.3 Å². The minimum Gasteiger partial charge on any atom is -0.337 e. The smallest absolute Gasteiger partial charge is 0.263 e. The van der Waals surface area contributed by atoms with Gasteiger partial charge in [-0.15, -0.1) is 0 Å². The van der Waals surface area contributed by atoms with Gasteiger partial charge in [0.1, 0.15) is 5.65 Å². The first-order valence-corrected chi connectivity index (χ1v) is 9.22. The molecule has 0 bridgehead atoms. The van der Waals surface area contributed by atoms with Crippen LogP contribution >= 0.6 is 0 Å². The Morgan fingerprint density at radius 2 is 1.92 bits per heavy atom. The van der Waals surface area contributed by atoms with Crippen LogP contribution in [0, 0.1) is 6.92 Å². The van der Waals surface area contributed by atoms with E-state index in [4.69, 9.17) is 0 Å². The minimum atomic E-state index is -0.0415. The van der Waals surface area contributed by atoms with Crippen LogP contribution in [0.2, 0.25) is 0 Å². The number of amides is 1. The van der Waals surface area contributed by atoms with Gasteiger partial charge >= 0.3 is 0 Å². The predicted octanol–water partition coefficient (Wildman–Crippen LogP) is 0.135. The largest absolute Gasteiger partial charge is 0.337 e. The second-order valence-corrected chi connectivity index (χ2v) is 7.35. The summed E-state index contributed by atoms with van der Waals surface area (Å²) in [6.45, 7) is 7.16. The van der Waals surface area contributed by atoms with Crippen LogP contribution in [0.15, 0.2) is 23.0 Å². The number of aromatic nitrogens is 2. The highest BCUT2D eigenvalue weighted by atomic mass is 16.2. The molecule has 0 radical (unpaired) electrons. The van der Waals surface area contributed by atoms with Crippen molar-refractivity contribution in [1.29, 1.82) is 0 Å². The van der Waals surface area contributed by atoms with E-state index in [2.05, 4.69) is 21.8 Å². The first-order chi connectivity index (χ1) is 12.5. The van der Waals surface area contributed by atoms with E-state index in [0.717, 1.165) is 37.6 Å². The molecule has 1 fully saturated rings. The van der Waals surface area contributed by atoms with Gasteiger partial charge in [0.2, 0.25) is 5.91 Å². The molecule has 0 spiro atoms. The number of carbonyl (C=O) groups excluding carboxylic acids is 1. The molecule has 4 heterocycles. The molecule has 1 amide bonds. The number of aryl methyl sites for hydroxylation is 1. The van der Waals surface area contributed by atoms with Gasteiger partial charge in [0.25, 0.3) is 5.56 Å². The second-order valence-electron chi connectivity index (χ2n) is 7.35. The number of carbonyl (C=O) groups is 1. The Balaban J connectivity index is 1.55. The van der Waals surface area contributed by atoms with Gasteiger partial charge in [-0.05, 0) is 26.1 Å². The molecule has 26 heavy (non-hydrogen) atoms. The number of nitrogens with zero attached hydrogens (tertiary/aromatic N) is 5. The van der Waals surface area contributed by atoms with Crippen molar-refractivity contribution in [2.45, 2.75) is 19.9 Å². The summed E-state index contributed by atoms with van der Waals surface area (Å²) in [5.74, 6) is 0.106. The van der Waals surface area contributed by atoms with Gasteiger partial charge in [-0.25, -0.2) is 4.98 Å². The first-order valence-electron chi connectivity index (χ1n) is 9.22. The molecule has 0 unspecified atom stereocenters. The monoisotopic (exact) mass is 355 g/mol. The summed E-state index contributed by atoms with van der Waals surface area (Å²) in [7, 11) is 2.10. The Kier molecular flexibility index (Phi) is 4.50. The third kappa shape index (κ3) is 3.12. The minimum absolute atomic E-state index is 0.0415. The molecular formula is C19H25N5O2. The highest BCUT2D eigenvalue weighted by molar-refractivity contribution is 5.78. The fourth-order valence-electron chi connectivity index (χ4n) is 3.81. The van der Waals surface area contributed by atoms with E-state index in [1.807, 2.05) is 30.0 Å². The number of rotatable bonds is 2. The SMILES string of the molecule is Cc1cccc2nc3c(c(=O)n12)CN(C(=O)CN1CCN(C)CC1)CC3. The van der Waals surface area contributed by atoms with E-state index in [1.165, 1.54) is 0 Å². The van der Waals surface area contributed by atoms with E-state index in [1.54, 1.807) is 4.40 Å². The van der Waals surface area contributed by atoms with Crippen LogP contribution in [0.5, 0.6) is 0 Å². The zero-order valence-electron chi connectivity index (χ0n) is 15.4. The lowest BCUT2D eigenvalue weighted by Crippen LogP contribution is -2.50. The lowest BCUT2D eigenvalue weighted by atomic mass is 10.1. The summed E-state index contributed by atoms with van der Waals surface area (Å²) in [4.78, 5) is 36.7. The summed E-state index contributed by atoms with van der Waals surface area (Å²) in [5, 5.41) is 0. The Morgan fingerprint density at radius 1 is 1.15 bits per heavy atom. The summed E-state index contributed by atoms with van der Waals surface area (Å²) < 4.78 is 1.65. The quantitative estimate of drug-likeness (QED) is 0.767. The Bertz CT molecular complexity index is 899. The third-order valence-electron chi connectivity index (χ3n) is 5.50.